The molecule has 10 heteroatoms. The summed E-state index contributed by atoms with van der Waals surface area (Å²) in [6.45, 7) is 7.06. The fourth-order valence-corrected chi connectivity index (χ4v) is 2.39. The van der Waals surface area contributed by atoms with Crippen molar-refractivity contribution in [3.8, 4) is 0 Å². The molecule has 0 saturated carbocycles. The van der Waals surface area contributed by atoms with Crippen LogP contribution in [0.3, 0.4) is 0 Å². The largest absolute Gasteiger partial charge is 0.443 e. The molecule has 0 fully saturated rings. The van der Waals surface area contributed by atoms with E-state index in [1.807, 2.05) is 20.8 Å². The average molecular weight is 425 g/mol. The Hall–Kier alpha value is -3.04. The number of benzene rings is 1. The first kappa shape index (κ1) is 23.2. The summed E-state index contributed by atoms with van der Waals surface area (Å²) in [5.74, 6) is 1.35. The predicted molar refractivity (Wildman–Crippen MR) is 107 cm³/mol. The Morgan fingerprint density at radius 3 is 2.23 bits per heavy atom. The summed E-state index contributed by atoms with van der Waals surface area (Å²) in [7, 11) is 1.60. The molecule has 2 aromatic rings. The van der Waals surface area contributed by atoms with Crippen LogP contribution in [0.4, 0.5) is 13.2 Å². The van der Waals surface area contributed by atoms with Crippen LogP contribution < -0.4 is 16.0 Å². The molecule has 30 heavy (non-hydrogen) atoms. The molecule has 0 spiro atoms. The zero-order valence-electron chi connectivity index (χ0n) is 17.4. The van der Waals surface area contributed by atoms with Crippen molar-refractivity contribution in [2.75, 3.05) is 20.1 Å². The molecule has 1 amide bonds. The molecule has 164 valence electrons. The molecule has 1 aromatic heterocycles. The molecule has 2 rings (SSSR count). The molecule has 0 unspecified atom stereocenters. The lowest BCUT2D eigenvalue weighted by Crippen LogP contribution is -2.41. The first-order chi connectivity index (χ1) is 14.0. The highest BCUT2D eigenvalue weighted by atomic mass is 19.4. The van der Waals surface area contributed by atoms with Gasteiger partial charge in [-0.2, -0.15) is 13.2 Å². The number of aliphatic imine (C=N–C) groups is 1. The molecular formula is C20H26F3N5O2. The topological polar surface area (TPSA) is 91.5 Å². The third-order valence-electron chi connectivity index (χ3n) is 4.10. The Labute approximate surface area is 173 Å². The SMILES string of the molecule is CN=C(NCCNC(=O)c1ccc(C(F)(F)F)cc1)NCc1ncc(C(C)(C)C)o1. The van der Waals surface area contributed by atoms with Gasteiger partial charge in [0.2, 0.25) is 5.89 Å². The summed E-state index contributed by atoms with van der Waals surface area (Å²) in [4.78, 5) is 20.3. The predicted octanol–water partition coefficient (Wildman–Crippen LogP) is 3.09. The van der Waals surface area contributed by atoms with E-state index in [1.54, 1.807) is 13.2 Å². The number of amides is 1. The summed E-state index contributed by atoms with van der Waals surface area (Å²) in [5, 5.41) is 8.71. The number of nitrogens with zero attached hydrogens (tertiary/aromatic N) is 2. The number of rotatable bonds is 6. The number of halogens is 3. The molecule has 0 bridgehead atoms. The standard InChI is InChI=1S/C20H26F3N5O2/c1-19(2,3)15-11-27-16(30-15)12-28-18(24-4)26-10-9-25-17(29)13-5-7-14(8-6-13)20(21,22)23/h5-8,11H,9-10,12H2,1-4H3,(H,25,29)(H2,24,26,28). The molecule has 0 aliphatic heterocycles. The minimum absolute atomic E-state index is 0.129. The Morgan fingerprint density at radius 1 is 1.07 bits per heavy atom. The molecular weight excluding hydrogens is 399 g/mol. The third-order valence-corrected chi connectivity index (χ3v) is 4.10. The number of carbonyl (C=O) groups excluding carboxylic acids is 1. The molecule has 0 aliphatic rings. The van der Waals surface area contributed by atoms with Gasteiger partial charge in [0.25, 0.3) is 5.91 Å². The minimum Gasteiger partial charge on any atom is -0.443 e. The molecule has 0 aliphatic carbocycles. The van der Waals surface area contributed by atoms with E-state index in [1.165, 1.54) is 0 Å². The molecule has 1 aromatic carbocycles. The van der Waals surface area contributed by atoms with Crippen LogP contribution in [0.25, 0.3) is 0 Å². The van der Waals surface area contributed by atoms with E-state index in [0.29, 0.717) is 24.9 Å². The van der Waals surface area contributed by atoms with E-state index in [9.17, 15) is 18.0 Å². The maximum atomic E-state index is 12.6. The highest BCUT2D eigenvalue weighted by Crippen LogP contribution is 2.29. The van der Waals surface area contributed by atoms with Crippen molar-refractivity contribution in [1.82, 2.24) is 20.9 Å². The van der Waals surface area contributed by atoms with Gasteiger partial charge in [0, 0.05) is 31.1 Å². The van der Waals surface area contributed by atoms with Crippen LogP contribution in [-0.4, -0.2) is 37.0 Å². The number of hydrogen-bond donors (Lipinski definition) is 3. The molecule has 0 saturated heterocycles. The highest BCUT2D eigenvalue weighted by molar-refractivity contribution is 5.94. The van der Waals surface area contributed by atoms with Crippen molar-refractivity contribution in [1.29, 1.82) is 0 Å². The average Bonchev–Trinajstić information content (AvgIpc) is 3.16. The zero-order chi connectivity index (χ0) is 22.4. The van der Waals surface area contributed by atoms with E-state index in [-0.39, 0.29) is 17.5 Å². The molecule has 1 heterocycles. The van der Waals surface area contributed by atoms with Crippen LogP contribution in [0.2, 0.25) is 0 Å². The van der Waals surface area contributed by atoms with Crippen LogP contribution in [0.1, 0.15) is 48.3 Å². The van der Waals surface area contributed by atoms with Crippen molar-refractivity contribution in [2.45, 2.75) is 38.9 Å². The molecule has 0 atom stereocenters. The Morgan fingerprint density at radius 2 is 1.70 bits per heavy atom. The first-order valence-corrected chi connectivity index (χ1v) is 9.36. The van der Waals surface area contributed by atoms with Gasteiger partial charge in [-0.3, -0.25) is 9.79 Å². The summed E-state index contributed by atoms with van der Waals surface area (Å²) >= 11 is 0. The Balaban J connectivity index is 1.74. The lowest BCUT2D eigenvalue weighted by atomic mass is 9.94. The number of hydrogen-bond acceptors (Lipinski definition) is 4. The van der Waals surface area contributed by atoms with Gasteiger partial charge in [-0.1, -0.05) is 20.8 Å². The normalized spacial score (nSPS) is 12.6. The molecule has 0 radical (unpaired) electrons. The van der Waals surface area contributed by atoms with Crippen LogP contribution in [0, 0.1) is 0 Å². The van der Waals surface area contributed by atoms with Gasteiger partial charge in [0.05, 0.1) is 18.3 Å². The zero-order valence-corrected chi connectivity index (χ0v) is 17.4. The summed E-state index contributed by atoms with van der Waals surface area (Å²) in [5.41, 5.74) is -0.767. The third kappa shape index (κ3) is 6.78. The maximum Gasteiger partial charge on any atom is 0.416 e. The second kappa shape index (κ2) is 9.64. The van der Waals surface area contributed by atoms with Crippen LogP contribution in [0.15, 0.2) is 39.9 Å². The van der Waals surface area contributed by atoms with E-state index in [0.717, 1.165) is 30.0 Å². The Bertz CT molecular complexity index is 868. The van der Waals surface area contributed by atoms with Crippen LogP contribution in [-0.2, 0) is 18.1 Å². The first-order valence-electron chi connectivity index (χ1n) is 9.36. The van der Waals surface area contributed by atoms with E-state index in [2.05, 4.69) is 25.9 Å². The highest BCUT2D eigenvalue weighted by Gasteiger charge is 2.30. The lowest BCUT2D eigenvalue weighted by Gasteiger charge is -2.13. The van der Waals surface area contributed by atoms with Crippen LogP contribution in [0.5, 0.6) is 0 Å². The maximum absolute atomic E-state index is 12.6. The minimum atomic E-state index is -4.43. The molecule has 7 nitrogen and oxygen atoms in total. The molecule has 3 N–H and O–H groups in total. The summed E-state index contributed by atoms with van der Waals surface area (Å²) in [6.07, 6.45) is -2.73. The van der Waals surface area contributed by atoms with Gasteiger partial charge in [-0.15, -0.1) is 0 Å². The number of guanidine groups is 1. The number of oxazole rings is 1. The van der Waals surface area contributed by atoms with Crippen LogP contribution >= 0.6 is 0 Å². The number of aromatic nitrogens is 1. The number of alkyl halides is 3. The van der Waals surface area contributed by atoms with Gasteiger partial charge < -0.3 is 20.4 Å². The second-order valence-corrected chi connectivity index (χ2v) is 7.55. The second-order valence-electron chi connectivity index (χ2n) is 7.55. The van der Waals surface area contributed by atoms with Gasteiger partial charge in [0.1, 0.15) is 5.76 Å². The fourth-order valence-electron chi connectivity index (χ4n) is 2.39. The van der Waals surface area contributed by atoms with E-state index >= 15 is 0 Å². The number of nitrogens with one attached hydrogen (secondary N) is 3. The fraction of sp³-hybridized carbons (Fsp3) is 0.450. The summed E-state index contributed by atoms with van der Waals surface area (Å²) < 4.78 is 43.4. The van der Waals surface area contributed by atoms with Crippen molar-refractivity contribution >= 4 is 11.9 Å². The quantitative estimate of drug-likeness (QED) is 0.376. The van der Waals surface area contributed by atoms with Gasteiger partial charge in [0.15, 0.2) is 5.96 Å². The van der Waals surface area contributed by atoms with Crippen molar-refractivity contribution in [3.05, 3.63) is 53.2 Å². The Kier molecular flexibility index (Phi) is 7.47. The number of carbonyl (C=O) groups is 1. The van der Waals surface area contributed by atoms with Crippen molar-refractivity contribution in [3.63, 3.8) is 0 Å². The van der Waals surface area contributed by atoms with Crippen molar-refractivity contribution < 1.29 is 22.4 Å². The monoisotopic (exact) mass is 425 g/mol. The van der Waals surface area contributed by atoms with Gasteiger partial charge in [-0.25, -0.2) is 4.98 Å². The van der Waals surface area contributed by atoms with Gasteiger partial charge >= 0.3 is 6.18 Å². The lowest BCUT2D eigenvalue weighted by molar-refractivity contribution is -0.137. The van der Waals surface area contributed by atoms with E-state index < -0.39 is 17.6 Å². The van der Waals surface area contributed by atoms with Gasteiger partial charge in [-0.05, 0) is 24.3 Å². The van der Waals surface area contributed by atoms with E-state index in [4.69, 9.17) is 4.42 Å². The smallest absolute Gasteiger partial charge is 0.416 e. The summed E-state index contributed by atoms with van der Waals surface area (Å²) in [6, 6.07) is 4.06. The van der Waals surface area contributed by atoms with Crippen molar-refractivity contribution in [2.24, 2.45) is 4.99 Å².